The Balaban J connectivity index is 1.76. The molecule has 0 atom stereocenters. The second-order valence-electron chi connectivity index (χ2n) is 5.96. The van der Waals surface area contributed by atoms with Crippen LogP contribution in [0.25, 0.3) is 10.9 Å². The zero-order valence-electron chi connectivity index (χ0n) is 13.5. The molecule has 2 heterocycles. The van der Waals surface area contributed by atoms with Crippen molar-refractivity contribution < 1.29 is 0 Å². The molecule has 4 heteroatoms. The molecule has 1 aliphatic heterocycles. The molecule has 4 rings (SSSR count). The summed E-state index contributed by atoms with van der Waals surface area (Å²) in [5.74, 6) is 0. The fourth-order valence-electron chi connectivity index (χ4n) is 3.02. The number of fused-ring (bicyclic) bond motifs is 1. The van der Waals surface area contributed by atoms with Crippen LogP contribution in [0.4, 0.5) is 11.4 Å². The Hall–Kier alpha value is -2.33. The van der Waals surface area contributed by atoms with E-state index in [4.69, 9.17) is 4.98 Å². The van der Waals surface area contributed by atoms with E-state index in [2.05, 4.69) is 87.8 Å². The summed E-state index contributed by atoms with van der Waals surface area (Å²) in [7, 11) is 0. The van der Waals surface area contributed by atoms with E-state index in [9.17, 15) is 0 Å². The highest BCUT2D eigenvalue weighted by Gasteiger charge is 2.19. The third-order valence-electron chi connectivity index (χ3n) is 4.30. The van der Waals surface area contributed by atoms with E-state index in [1.54, 1.807) is 0 Å². The molecule has 0 saturated carbocycles. The molecular weight excluding hydrogens is 362 g/mol. The van der Waals surface area contributed by atoms with Gasteiger partial charge >= 0.3 is 0 Å². The summed E-state index contributed by atoms with van der Waals surface area (Å²) >= 11 is 3.49. The molecule has 0 saturated heterocycles. The molecule has 120 valence electrons. The number of aromatic nitrogens is 1. The number of anilines is 2. The van der Waals surface area contributed by atoms with Gasteiger partial charge in [0.25, 0.3) is 0 Å². The van der Waals surface area contributed by atoms with Gasteiger partial charge in [0.2, 0.25) is 0 Å². The molecule has 2 aromatic carbocycles. The first kappa shape index (κ1) is 15.2. The lowest BCUT2D eigenvalue weighted by Crippen LogP contribution is -2.26. The number of benzene rings is 2. The molecule has 1 aliphatic rings. The van der Waals surface area contributed by atoms with Gasteiger partial charge in [0, 0.05) is 29.1 Å². The topological polar surface area (TPSA) is 28.2 Å². The monoisotopic (exact) mass is 379 g/mol. The molecule has 24 heavy (non-hydrogen) atoms. The lowest BCUT2D eigenvalue weighted by molar-refractivity contribution is 0.984. The predicted octanol–water partition coefficient (Wildman–Crippen LogP) is 5.25. The number of pyridine rings is 1. The fraction of sp³-hybridized carbons (Fsp3) is 0.150. The summed E-state index contributed by atoms with van der Waals surface area (Å²) in [6, 6.07) is 16.7. The van der Waals surface area contributed by atoms with Gasteiger partial charge in [-0.1, -0.05) is 46.3 Å². The SMILES string of the molecule is Cc1nc2ccccc2c(NCc2ccc(Br)cc2)c1N1C=CC1. The van der Waals surface area contributed by atoms with E-state index in [0.29, 0.717) is 0 Å². The van der Waals surface area contributed by atoms with Gasteiger partial charge in [0.1, 0.15) is 0 Å². The van der Waals surface area contributed by atoms with Crippen molar-refractivity contribution in [2.24, 2.45) is 0 Å². The van der Waals surface area contributed by atoms with Crippen LogP contribution in [-0.4, -0.2) is 11.5 Å². The van der Waals surface area contributed by atoms with Gasteiger partial charge in [-0.05, 0) is 36.8 Å². The van der Waals surface area contributed by atoms with E-state index in [-0.39, 0.29) is 0 Å². The molecule has 0 unspecified atom stereocenters. The minimum Gasteiger partial charge on any atom is -0.379 e. The van der Waals surface area contributed by atoms with Crippen LogP contribution in [0, 0.1) is 6.92 Å². The molecule has 1 N–H and O–H groups in total. The Morgan fingerprint density at radius 3 is 2.58 bits per heavy atom. The number of nitrogens with one attached hydrogen (secondary N) is 1. The normalized spacial score (nSPS) is 13.2. The molecule has 3 nitrogen and oxygen atoms in total. The Morgan fingerprint density at radius 1 is 1.12 bits per heavy atom. The minimum atomic E-state index is 0.783. The lowest BCUT2D eigenvalue weighted by atomic mass is 10.1. The maximum atomic E-state index is 4.78. The van der Waals surface area contributed by atoms with Gasteiger partial charge in [-0.2, -0.15) is 0 Å². The van der Waals surface area contributed by atoms with Crippen molar-refractivity contribution in [3.63, 3.8) is 0 Å². The van der Waals surface area contributed by atoms with Gasteiger partial charge in [0.05, 0.1) is 22.6 Å². The average Bonchev–Trinajstić information content (AvgIpc) is 2.54. The summed E-state index contributed by atoms with van der Waals surface area (Å²) < 4.78 is 1.10. The van der Waals surface area contributed by atoms with Crippen molar-refractivity contribution in [1.82, 2.24) is 4.98 Å². The van der Waals surface area contributed by atoms with Crippen LogP contribution in [0.15, 0.2) is 65.3 Å². The Bertz CT molecular complexity index is 916. The van der Waals surface area contributed by atoms with Gasteiger partial charge < -0.3 is 10.2 Å². The highest BCUT2D eigenvalue weighted by Crippen LogP contribution is 2.37. The zero-order chi connectivity index (χ0) is 16.5. The minimum absolute atomic E-state index is 0.783. The van der Waals surface area contributed by atoms with Gasteiger partial charge in [-0.25, -0.2) is 0 Å². The molecule has 0 amide bonds. The predicted molar refractivity (Wildman–Crippen MR) is 104 cm³/mol. The van der Waals surface area contributed by atoms with Crippen molar-refractivity contribution in [2.75, 3.05) is 16.8 Å². The van der Waals surface area contributed by atoms with Gasteiger partial charge in [-0.3, -0.25) is 4.98 Å². The largest absolute Gasteiger partial charge is 0.379 e. The van der Waals surface area contributed by atoms with Crippen LogP contribution in [-0.2, 0) is 6.54 Å². The lowest BCUT2D eigenvalue weighted by Gasteiger charge is -2.30. The summed E-state index contributed by atoms with van der Waals surface area (Å²) in [6.07, 6.45) is 4.27. The van der Waals surface area contributed by atoms with Crippen LogP contribution in [0.1, 0.15) is 11.3 Å². The number of hydrogen-bond acceptors (Lipinski definition) is 3. The van der Waals surface area contributed by atoms with Gasteiger partial charge in [-0.15, -0.1) is 0 Å². The first-order chi connectivity index (χ1) is 11.7. The van der Waals surface area contributed by atoms with Crippen LogP contribution in [0.5, 0.6) is 0 Å². The summed E-state index contributed by atoms with van der Waals surface area (Å²) in [4.78, 5) is 7.03. The summed E-state index contributed by atoms with van der Waals surface area (Å²) in [5.41, 5.74) is 5.67. The molecule has 3 aromatic rings. The van der Waals surface area contributed by atoms with Crippen molar-refractivity contribution >= 4 is 38.2 Å². The third kappa shape index (κ3) is 2.78. The second-order valence-corrected chi connectivity index (χ2v) is 6.87. The molecule has 0 radical (unpaired) electrons. The number of halogens is 1. The number of rotatable bonds is 4. The molecule has 0 aliphatic carbocycles. The van der Waals surface area contributed by atoms with E-state index < -0.39 is 0 Å². The van der Waals surface area contributed by atoms with Crippen molar-refractivity contribution in [2.45, 2.75) is 13.5 Å². The standard InChI is InChI=1S/C20H18BrN3/c1-14-20(24-11-4-12-24)19(17-5-2-3-6-18(17)23-14)22-13-15-7-9-16(21)10-8-15/h2-11H,12-13H2,1H3,(H,22,23). The molecular formula is C20H18BrN3. The number of aryl methyl sites for hydroxylation is 1. The third-order valence-corrected chi connectivity index (χ3v) is 4.83. The maximum absolute atomic E-state index is 4.78. The van der Waals surface area contributed by atoms with Crippen molar-refractivity contribution in [3.8, 4) is 0 Å². The van der Waals surface area contributed by atoms with E-state index in [0.717, 1.165) is 39.8 Å². The summed E-state index contributed by atoms with van der Waals surface area (Å²) in [5, 5.41) is 4.81. The van der Waals surface area contributed by atoms with Crippen LogP contribution < -0.4 is 10.2 Å². The Kier molecular flexibility index (Phi) is 3.98. The van der Waals surface area contributed by atoms with E-state index >= 15 is 0 Å². The maximum Gasteiger partial charge on any atom is 0.0867 e. The second kappa shape index (κ2) is 6.29. The first-order valence-electron chi connectivity index (χ1n) is 8.03. The molecule has 0 bridgehead atoms. The smallest absolute Gasteiger partial charge is 0.0867 e. The highest BCUT2D eigenvalue weighted by molar-refractivity contribution is 9.10. The molecule has 0 fully saturated rings. The quantitative estimate of drug-likeness (QED) is 0.670. The van der Waals surface area contributed by atoms with E-state index in [1.807, 2.05) is 6.07 Å². The van der Waals surface area contributed by atoms with Gasteiger partial charge in [0.15, 0.2) is 0 Å². The Labute approximate surface area is 150 Å². The van der Waals surface area contributed by atoms with Crippen LogP contribution in [0.2, 0.25) is 0 Å². The highest BCUT2D eigenvalue weighted by atomic mass is 79.9. The molecule has 1 aromatic heterocycles. The average molecular weight is 380 g/mol. The number of hydrogen-bond donors (Lipinski definition) is 1. The number of para-hydroxylation sites is 1. The number of nitrogens with zero attached hydrogens (tertiary/aromatic N) is 2. The first-order valence-corrected chi connectivity index (χ1v) is 8.82. The van der Waals surface area contributed by atoms with Crippen molar-refractivity contribution in [3.05, 3.63) is 76.5 Å². The zero-order valence-corrected chi connectivity index (χ0v) is 15.0. The Morgan fingerprint density at radius 2 is 1.88 bits per heavy atom. The van der Waals surface area contributed by atoms with Crippen LogP contribution >= 0.6 is 15.9 Å². The molecule has 0 spiro atoms. The van der Waals surface area contributed by atoms with E-state index in [1.165, 1.54) is 11.3 Å². The van der Waals surface area contributed by atoms with Crippen molar-refractivity contribution in [1.29, 1.82) is 0 Å². The fourth-order valence-corrected chi connectivity index (χ4v) is 3.29. The summed E-state index contributed by atoms with van der Waals surface area (Å²) in [6.45, 7) is 3.80. The van der Waals surface area contributed by atoms with Crippen LogP contribution in [0.3, 0.4) is 0 Å².